The van der Waals surface area contributed by atoms with Crippen molar-refractivity contribution in [1.82, 2.24) is 24.7 Å². The van der Waals surface area contributed by atoms with E-state index >= 15 is 0 Å². The minimum absolute atomic E-state index is 0.266. The smallest absolute Gasteiger partial charge is 0.223 e. The van der Waals surface area contributed by atoms with Crippen LogP contribution in [0.1, 0.15) is 37.0 Å². The van der Waals surface area contributed by atoms with Gasteiger partial charge in [-0.1, -0.05) is 54.9 Å². The summed E-state index contributed by atoms with van der Waals surface area (Å²) in [5, 5.41) is 6.78. The Labute approximate surface area is 178 Å². The molecule has 3 heterocycles. The molecule has 0 amide bonds. The molecule has 0 atom stereocenters. The fourth-order valence-corrected chi connectivity index (χ4v) is 4.05. The third-order valence-electron chi connectivity index (χ3n) is 5.19. The van der Waals surface area contributed by atoms with Crippen LogP contribution >= 0.6 is 11.6 Å². The zero-order valence-electron chi connectivity index (χ0n) is 16.9. The third-order valence-corrected chi connectivity index (χ3v) is 5.46. The van der Waals surface area contributed by atoms with Gasteiger partial charge in [-0.3, -0.25) is 0 Å². The van der Waals surface area contributed by atoms with E-state index in [2.05, 4.69) is 63.9 Å². The third kappa shape index (κ3) is 3.23. The summed E-state index contributed by atoms with van der Waals surface area (Å²) in [5.74, 6) is 2.41. The zero-order valence-corrected chi connectivity index (χ0v) is 17.7. The molecule has 0 bridgehead atoms. The van der Waals surface area contributed by atoms with Crippen molar-refractivity contribution in [3.8, 4) is 11.4 Å². The van der Waals surface area contributed by atoms with Gasteiger partial charge in [0.1, 0.15) is 11.3 Å². The lowest BCUT2D eigenvalue weighted by Gasteiger charge is -2.13. The molecule has 7 heteroatoms. The molecular weight excluding hydrogens is 398 g/mol. The number of fused-ring (bicyclic) bond motifs is 2. The van der Waals surface area contributed by atoms with Crippen LogP contribution in [0.3, 0.4) is 0 Å². The molecule has 0 aliphatic heterocycles. The largest absolute Gasteiger partial charge is 0.339 e. The summed E-state index contributed by atoms with van der Waals surface area (Å²) in [4.78, 5) is 13.4. The highest BCUT2D eigenvalue weighted by molar-refractivity contribution is 6.33. The van der Waals surface area contributed by atoms with Crippen molar-refractivity contribution in [2.75, 3.05) is 0 Å². The molecule has 0 aliphatic rings. The molecule has 5 rings (SSSR count). The average Bonchev–Trinajstić information content (AvgIpc) is 3.32. The van der Waals surface area contributed by atoms with Gasteiger partial charge in [-0.05, 0) is 34.5 Å². The van der Waals surface area contributed by atoms with Crippen molar-refractivity contribution in [2.45, 2.75) is 33.2 Å². The Balaban J connectivity index is 1.60. The lowest BCUT2D eigenvalue weighted by molar-refractivity contribution is 0.394. The Bertz CT molecular complexity index is 1390. The first kappa shape index (κ1) is 18.8. The Morgan fingerprint density at radius 1 is 1.03 bits per heavy atom. The van der Waals surface area contributed by atoms with E-state index in [1.54, 1.807) is 13.1 Å². The Kier molecular flexibility index (Phi) is 4.51. The number of hydrogen-bond donors (Lipinski definition) is 0. The van der Waals surface area contributed by atoms with Crippen molar-refractivity contribution in [3.63, 3.8) is 0 Å². The number of pyridine rings is 1. The molecule has 0 saturated carbocycles. The number of benzene rings is 2. The molecule has 0 aliphatic carbocycles. The fourth-order valence-electron chi connectivity index (χ4n) is 3.79. The van der Waals surface area contributed by atoms with Crippen LogP contribution in [0, 0.1) is 6.92 Å². The first-order chi connectivity index (χ1) is 14.5. The van der Waals surface area contributed by atoms with Crippen LogP contribution in [0.15, 0.2) is 53.2 Å². The van der Waals surface area contributed by atoms with Crippen molar-refractivity contribution >= 4 is 33.4 Å². The molecule has 0 N–H and O–H groups in total. The van der Waals surface area contributed by atoms with Gasteiger partial charge in [0.2, 0.25) is 11.7 Å². The van der Waals surface area contributed by atoms with Gasteiger partial charge >= 0.3 is 0 Å². The summed E-state index contributed by atoms with van der Waals surface area (Å²) in [6.07, 6.45) is 1.70. The number of imidazole rings is 1. The van der Waals surface area contributed by atoms with Crippen molar-refractivity contribution < 1.29 is 4.52 Å². The molecule has 0 spiro atoms. The lowest BCUT2D eigenvalue weighted by Crippen LogP contribution is -2.07. The Morgan fingerprint density at radius 3 is 2.63 bits per heavy atom. The summed E-state index contributed by atoms with van der Waals surface area (Å²) in [6.45, 7) is 6.73. The number of rotatable bonds is 4. The molecule has 3 aromatic heterocycles. The molecular formula is C23H20ClN5O. The summed E-state index contributed by atoms with van der Waals surface area (Å²) in [5.41, 5.74) is 3.83. The van der Waals surface area contributed by atoms with E-state index in [1.807, 2.05) is 12.1 Å². The molecule has 2 aromatic carbocycles. The van der Waals surface area contributed by atoms with Crippen LogP contribution in [-0.2, 0) is 6.54 Å². The highest BCUT2D eigenvalue weighted by Crippen LogP contribution is 2.29. The molecule has 30 heavy (non-hydrogen) atoms. The summed E-state index contributed by atoms with van der Waals surface area (Å²) >= 11 is 6.44. The second-order valence-corrected chi connectivity index (χ2v) is 8.07. The number of halogens is 1. The predicted octanol–water partition coefficient (Wildman–Crippen LogP) is 5.77. The average molecular weight is 418 g/mol. The standard InChI is InChI=1S/C23H20ClN5O/c1-13(2)23-27-19-8-9-25-21(24)20(19)29(23)12-15-4-5-16-6-7-17(11-18(16)10-15)22-26-14(3)30-28-22/h4-11,13H,12H2,1-3H3. The van der Waals surface area contributed by atoms with E-state index < -0.39 is 0 Å². The van der Waals surface area contributed by atoms with Crippen LogP contribution in [0.25, 0.3) is 33.2 Å². The maximum atomic E-state index is 6.44. The second kappa shape index (κ2) is 7.22. The van der Waals surface area contributed by atoms with Crippen molar-refractivity contribution in [2.24, 2.45) is 0 Å². The molecule has 5 aromatic rings. The molecule has 150 valence electrons. The first-order valence-electron chi connectivity index (χ1n) is 9.83. The number of nitrogens with zero attached hydrogens (tertiary/aromatic N) is 5. The fraction of sp³-hybridized carbons (Fsp3) is 0.217. The van der Waals surface area contributed by atoms with Gasteiger partial charge in [0, 0.05) is 31.1 Å². The summed E-state index contributed by atoms with van der Waals surface area (Å²) in [7, 11) is 0. The molecule has 0 radical (unpaired) electrons. The maximum absolute atomic E-state index is 6.44. The van der Waals surface area contributed by atoms with Crippen LogP contribution in [0.5, 0.6) is 0 Å². The van der Waals surface area contributed by atoms with Gasteiger partial charge in [-0.25, -0.2) is 9.97 Å². The predicted molar refractivity (Wildman–Crippen MR) is 118 cm³/mol. The monoisotopic (exact) mass is 417 g/mol. The lowest BCUT2D eigenvalue weighted by atomic mass is 10.0. The van der Waals surface area contributed by atoms with Gasteiger partial charge in [0.25, 0.3) is 0 Å². The second-order valence-electron chi connectivity index (χ2n) is 7.71. The van der Waals surface area contributed by atoms with Crippen LogP contribution in [-0.4, -0.2) is 24.7 Å². The van der Waals surface area contributed by atoms with E-state index in [-0.39, 0.29) is 5.92 Å². The van der Waals surface area contributed by atoms with E-state index in [9.17, 15) is 0 Å². The number of aromatic nitrogens is 5. The van der Waals surface area contributed by atoms with Crippen LogP contribution in [0.4, 0.5) is 0 Å². The highest BCUT2D eigenvalue weighted by Gasteiger charge is 2.17. The van der Waals surface area contributed by atoms with Gasteiger partial charge in [-0.15, -0.1) is 0 Å². The van der Waals surface area contributed by atoms with Gasteiger partial charge in [0.15, 0.2) is 5.15 Å². The molecule has 0 saturated heterocycles. The number of hydrogen-bond acceptors (Lipinski definition) is 5. The maximum Gasteiger partial charge on any atom is 0.223 e. The summed E-state index contributed by atoms with van der Waals surface area (Å²) < 4.78 is 7.29. The van der Waals surface area contributed by atoms with E-state index in [0.29, 0.717) is 23.4 Å². The number of aryl methyl sites for hydroxylation is 1. The Hall–Kier alpha value is -3.25. The molecule has 0 unspecified atom stereocenters. The van der Waals surface area contributed by atoms with Gasteiger partial charge in [0.05, 0.1) is 5.52 Å². The Morgan fingerprint density at radius 2 is 1.87 bits per heavy atom. The van der Waals surface area contributed by atoms with Gasteiger partial charge < -0.3 is 9.09 Å². The van der Waals surface area contributed by atoms with Gasteiger partial charge in [-0.2, -0.15) is 4.98 Å². The van der Waals surface area contributed by atoms with Crippen LogP contribution < -0.4 is 0 Å². The van der Waals surface area contributed by atoms with Crippen molar-refractivity contribution in [1.29, 1.82) is 0 Å². The van der Waals surface area contributed by atoms with E-state index in [4.69, 9.17) is 21.1 Å². The first-order valence-corrected chi connectivity index (χ1v) is 10.2. The van der Waals surface area contributed by atoms with Crippen molar-refractivity contribution in [3.05, 3.63) is 71.1 Å². The van der Waals surface area contributed by atoms with Crippen LogP contribution in [0.2, 0.25) is 5.15 Å². The highest BCUT2D eigenvalue weighted by atomic mass is 35.5. The van der Waals surface area contributed by atoms with E-state index in [0.717, 1.165) is 38.8 Å². The van der Waals surface area contributed by atoms with E-state index in [1.165, 1.54) is 0 Å². The molecule has 6 nitrogen and oxygen atoms in total. The zero-order chi connectivity index (χ0) is 20.8. The normalized spacial score (nSPS) is 11.8. The minimum atomic E-state index is 0.266. The SMILES string of the molecule is Cc1nc(-c2ccc3ccc(Cn4c(C(C)C)nc5ccnc(Cl)c54)cc3c2)no1. The minimum Gasteiger partial charge on any atom is -0.339 e. The topological polar surface area (TPSA) is 69.6 Å². The molecule has 0 fully saturated rings. The summed E-state index contributed by atoms with van der Waals surface area (Å²) in [6, 6.07) is 14.5. The quantitative estimate of drug-likeness (QED) is 0.347.